The van der Waals surface area contributed by atoms with Crippen LogP contribution in [0.25, 0.3) is 0 Å². The molecule has 1 aromatic heterocycles. The number of ether oxygens (including phenoxy) is 1. The van der Waals surface area contributed by atoms with Crippen molar-refractivity contribution in [3.05, 3.63) is 52.0 Å². The Morgan fingerprint density at radius 1 is 1.35 bits per heavy atom. The lowest BCUT2D eigenvalue weighted by atomic mass is 10.3. The molecule has 1 N–H and O–H groups in total. The molecule has 1 heterocycles. The van der Waals surface area contributed by atoms with Gasteiger partial charge in [-0.1, -0.05) is 0 Å². The van der Waals surface area contributed by atoms with Crippen molar-refractivity contribution in [3.8, 4) is 5.75 Å². The minimum absolute atomic E-state index is 0.00877. The SMILES string of the molecule is O=C(NC1CC1)c1cc(COc2ccc(F)cc2)cs1. The highest BCUT2D eigenvalue weighted by molar-refractivity contribution is 7.12. The maximum absolute atomic E-state index is 12.8. The predicted octanol–water partition coefficient (Wildman–Crippen LogP) is 3.36. The van der Waals surface area contributed by atoms with Crippen LogP contribution in [0.3, 0.4) is 0 Å². The molecule has 0 radical (unpaired) electrons. The molecule has 1 aromatic carbocycles. The largest absolute Gasteiger partial charge is 0.489 e. The molecule has 20 heavy (non-hydrogen) atoms. The van der Waals surface area contributed by atoms with Crippen LogP contribution in [0.4, 0.5) is 4.39 Å². The zero-order valence-corrected chi connectivity index (χ0v) is 11.6. The molecule has 0 unspecified atom stereocenters. The van der Waals surface area contributed by atoms with Gasteiger partial charge in [-0.05, 0) is 48.6 Å². The van der Waals surface area contributed by atoms with Gasteiger partial charge in [0.25, 0.3) is 5.91 Å². The van der Waals surface area contributed by atoms with E-state index in [1.54, 1.807) is 12.1 Å². The number of benzene rings is 1. The summed E-state index contributed by atoms with van der Waals surface area (Å²) in [6.07, 6.45) is 2.16. The number of hydrogen-bond donors (Lipinski definition) is 1. The van der Waals surface area contributed by atoms with Gasteiger partial charge in [-0.2, -0.15) is 0 Å². The summed E-state index contributed by atoms with van der Waals surface area (Å²) in [6.45, 7) is 0.374. The maximum Gasteiger partial charge on any atom is 0.261 e. The van der Waals surface area contributed by atoms with Crippen LogP contribution in [0.2, 0.25) is 0 Å². The molecule has 3 nitrogen and oxygen atoms in total. The second kappa shape index (κ2) is 5.63. The van der Waals surface area contributed by atoms with E-state index in [1.165, 1.54) is 23.5 Å². The van der Waals surface area contributed by atoms with Crippen molar-refractivity contribution in [1.29, 1.82) is 0 Å². The Balaban J connectivity index is 1.56. The number of rotatable bonds is 5. The molecule has 104 valence electrons. The minimum atomic E-state index is -0.285. The van der Waals surface area contributed by atoms with Crippen LogP contribution in [0, 0.1) is 5.82 Å². The van der Waals surface area contributed by atoms with E-state index in [9.17, 15) is 9.18 Å². The number of nitrogens with one attached hydrogen (secondary N) is 1. The Morgan fingerprint density at radius 2 is 2.10 bits per heavy atom. The fraction of sp³-hybridized carbons (Fsp3) is 0.267. The van der Waals surface area contributed by atoms with E-state index in [2.05, 4.69) is 5.32 Å². The minimum Gasteiger partial charge on any atom is -0.489 e. The van der Waals surface area contributed by atoms with Gasteiger partial charge in [-0.15, -0.1) is 11.3 Å². The first-order chi connectivity index (χ1) is 9.70. The van der Waals surface area contributed by atoms with Gasteiger partial charge >= 0.3 is 0 Å². The summed E-state index contributed by atoms with van der Waals surface area (Å²) in [5, 5.41) is 4.86. The zero-order chi connectivity index (χ0) is 13.9. The van der Waals surface area contributed by atoms with Crippen molar-refractivity contribution in [2.24, 2.45) is 0 Å². The lowest BCUT2D eigenvalue weighted by Crippen LogP contribution is -2.24. The van der Waals surface area contributed by atoms with Crippen molar-refractivity contribution < 1.29 is 13.9 Å². The molecule has 0 saturated heterocycles. The first-order valence-corrected chi connectivity index (χ1v) is 7.35. The zero-order valence-electron chi connectivity index (χ0n) is 10.8. The van der Waals surface area contributed by atoms with Gasteiger partial charge in [-0.25, -0.2) is 4.39 Å². The Morgan fingerprint density at radius 3 is 2.80 bits per heavy atom. The van der Waals surface area contributed by atoms with E-state index in [0.29, 0.717) is 23.3 Å². The average molecular weight is 291 g/mol. The highest BCUT2D eigenvalue weighted by Crippen LogP contribution is 2.22. The lowest BCUT2D eigenvalue weighted by Gasteiger charge is -2.04. The summed E-state index contributed by atoms with van der Waals surface area (Å²) >= 11 is 1.41. The number of carbonyl (C=O) groups is 1. The Labute approximate surface area is 120 Å². The van der Waals surface area contributed by atoms with Crippen molar-refractivity contribution in [1.82, 2.24) is 5.32 Å². The van der Waals surface area contributed by atoms with Crippen LogP contribution in [0.5, 0.6) is 5.75 Å². The third-order valence-electron chi connectivity index (χ3n) is 3.01. The Hall–Kier alpha value is -1.88. The topological polar surface area (TPSA) is 38.3 Å². The number of amides is 1. The third-order valence-corrected chi connectivity index (χ3v) is 3.99. The molecule has 1 fully saturated rings. The summed E-state index contributed by atoms with van der Waals surface area (Å²) in [5.74, 6) is 0.319. The molecule has 1 amide bonds. The van der Waals surface area contributed by atoms with E-state index >= 15 is 0 Å². The summed E-state index contributed by atoms with van der Waals surface area (Å²) in [7, 11) is 0. The fourth-order valence-electron chi connectivity index (χ4n) is 1.75. The second-order valence-electron chi connectivity index (χ2n) is 4.81. The molecule has 2 aromatic rings. The molecular weight excluding hydrogens is 277 g/mol. The maximum atomic E-state index is 12.8. The van der Waals surface area contributed by atoms with Crippen molar-refractivity contribution in [2.75, 3.05) is 0 Å². The van der Waals surface area contributed by atoms with Gasteiger partial charge in [0.1, 0.15) is 18.2 Å². The molecule has 5 heteroatoms. The summed E-state index contributed by atoms with van der Waals surface area (Å²) in [4.78, 5) is 12.5. The van der Waals surface area contributed by atoms with Crippen molar-refractivity contribution >= 4 is 17.2 Å². The second-order valence-corrected chi connectivity index (χ2v) is 5.72. The molecular formula is C15H14FNO2S. The standard InChI is InChI=1S/C15H14FNO2S/c16-11-1-5-13(6-2-11)19-8-10-7-14(20-9-10)15(18)17-12-3-4-12/h1-2,5-7,9,12H,3-4,8H2,(H,17,18). The lowest BCUT2D eigenvalue weighted by molar-refractivity contribution is 0.0955. The smallest absolute Gasteiger partial charge is 0.261 e. The third kappa shape index (κ3) is 3.36. The molecule has 1 aliphatic rings. The van der Waals surface area contributed by atoms with Gasteiger partial charge in [0.05, 0.1) is 4.88 Å². The van der Waals surface area contributed by atoms with Gasteiger partial charge in [0.2, 0.25) is 0 Å². The van der Waals surface area contributed by atoms with E-state index < -0.39 is 0 Å². The quantitative estimate of drug-likeness (QED) is 0.917. The van der Waals surface area contributed by atoms with Crippen molar-refractivity contribution in [3.63, 3.8) is 0 Å². The van der Waals surface area contributed by atoms with Crippen molar-refractivity contribution in [2.45, 2.75) is 25.5 Å². The summed E-state index contributed by atoms with van der Waals surface area (Å²) in [5.41, 5.74) is 0.945. The Bertz CT molecular complexity index is 605. The van der Waals surface area contributed by atoms with Crippen LogP contribution < -0.4 is 10.1 Å². The highest BCUT2D eigenvalue weighted by Gasteiger charge is 2.24. The van der Waals surface area contributed by atoms with Crippen LogP contribution >= 0.6 is 11.3 Å². The highest BCUT2D eigenvalue weighted by atomic mass is 32.1. The Kier molecular flexibility index (Phi) is 3.69. The van der Waals surface area contributed by atoms with Gasteiger partial charge in [0, 0.05) is 11.6 Å². The fourth-order valence-corrected chi connectivity index (χ4v) is 2.55. The van der Waals surface area contributed by atoms with E-state index in [4.69, 9.17) is 4.74 Å². The normalized spacial score (nSPS) is 14.1. The molecule has 1 saturated carbocycles. The van der Waals surface area contributed by atoms with E-state index in [-0.39, 0.29) is 11.7 Å². The molecule has 0 spiro atoms. The van der Waals surface area contributed by atoms with E-state index in [0.717, 1.165) is 18.4 Å². The number of carbonyl (C=O) groups excluding carboxylic acids is 1. The molecule has 3 rings (SSSR count). The van der Waals surface area contributed by atoms with Gasteiger partial charge in [0.15, 0.2) is 0 Å². The summed E-state index contributed by atoms with van der Waals surface area (Å²) < 4.78 is 18.3. The number of halogens is 1. The van der Waals surface area contributed by atoms with E-state index in [1.807, 2.05) is 11.4 Å². The van der Waals surface area contributed by atoms with Crippen LogP contribution in [-0.2, 0) is 6.61 Å². The van der Waals surface area contributed by atoms with Crippen LogP contribution in [-0.4, -0.2) is 11.9 Å². The molecule has 0 atom stereocenters. The first kappa shape index (κ1) is 13.1. The molecule has 0 aliphatic heterocycles. The number of hydrogen-bond acceptors (Lipinski definition) is 3. The van der Waals surface area contributed by atoms with Crippen LogP contribution in [0.1, 0.15) is 28.1 Å². The predicted molar refractivity (Wildman–Crippen MR) is 75.5 cm³/mol. The van der Waals surface area contributed by atoms with Gasteiger partial charge < -0.3 is 10.1 Å². The first-order valence-electron chi connectivity index (χ1n) is 6.47. The summed E-state index contributed by atoms with van der Waals surface area (Å²) in [6, 6.07) is 8.09. The average Bonchev–Trinajstić information content (AvgIpc) is 3.13. The monoisotopic (exact) mass is 291 g/mol. The number of thiophene rings is 1. The van der Waals surface area contributed by atoms with Crippen LogP contribution in [0.15, 0.2) is 35.7 Å². The van der Waals surface area contributed by atoms with Gasteiger partial charge in [-0.3, -0.25) is 4.79 Å². The molecule has 0 bridgehead atoms. The molecule has 1 aliphatic carbocycles.